The van der Waals surface area contributed by atoms with Crippen molar-refractivity contribution < 1.29 is 9.53 Å². The minimum atomic E-state index is -0.255. The van der Waals surface area contributed by atoms with Crippen molar-refractivity contribution in [2.45, 2.75) is 0 Å². The van der Waals surface area contributed by atoms with E-state index in [-0.39, 0.29) is 17.5 Å². The fourth-order valence-electron chi connectivity index (χ4n) is 1.67. The first-order valence-electron chi connectivity index (χ1n) is 6.13. The molecule has 0 aliphatic heterocycles. The Morgan fingerprint density at radius 2 is 1.86 bits per heavy atom. The molecule has 0 aliphatic rings. The Morgan fingerprint density at radius 3 is 2.52 bits per heavy atom. The van der Waals surface area contributed by atoms with Crippen LogP contribution in [0.2, 0.25) is 0 Å². The number of hydrogen-bond acceptors (Lipinski definition) is 3. The molecule has 0 bridgehead atoms. The highest BCUT2D eigenvalue weighted by Gasteiger charge is 2.08. The summed E-state index contributed by atoms with van der Waals surface area (Å²) in [6.07, 6.45) is 0. The van der Waals surface area contributed by atoms with E-state index < -0.39 is 0 Å². The Bertz CT molecular complexity index is 659. The summed E-state index contributed by atoms with van der Waals surface area (Å²) in [5.74, 6) is 0.242. The van der Waals surface area contributed by atoms with Crippen LogP contribution in [0.4, 0.5) is 5.69 Å². The van der Waals surface area contributed by atoms with Crippen molar-refractivity contribution in [3.63, 3.8) is 0 Å². The SMILES string of the molecule is NC(=S)c1ccccc1OCC(=O)Nc1ccc(Br)cc1. The minimum Gasteiger partial charge on any atom is -0.483 e. The lowest BCUT2D eigenvalue weighted by molar-refractivity contribution is -0.118. The third-order valence-electron chi connectivity index (χ3n) is 2.64. The van der Waals surface area contributed by atoms with E-state index in [0.717, 1.165) is 4.47 Å². The highest BCUT2D eigenvalue weighted by atomic mass is 79.9. The fraction of sp³-hybridized carbons (Fsp3) is 0.0667. The molecular weight excluding hydrogens is 352 g/mol. The number of carbonyl (C=O) groups is 1. The molecule has 0 unspecified atom stereocenters. The molecule has 0 saturated heterocycles. The van der Waals surface area contributed by atoms with Crippen LogP contribution in [0.1, 0.15) is 5.56 Å². The van der Waals surface area contributed by atoms with E-state index in [4.69, 9.17) is 22.7 Å². The smallest absolute Gasteiger partial charge is 0.262 e. The predicted octanol–water partition coefficient (Wildman–Crippen LogP) is 3.10. The quantitative estimate of drug-likeness (QED) is 0.800. The predicted molar refractivity (Wildman–Crippen MR) is 90.6 cm³/mol. The monoisotopic (exact) mass is 364 g/mol. The third kappa shape index (κ3) is 4.54. The van der Waals surface area contributed by atoms with Gasteiger partial charge in [-0.15, -0.1) is 0 Å². The van der Waals surface area contributed by atoms with Gasteiger partial charge in [0.05, 0.1) is 5.56 Å². The van der Waals surface area contributed by atoms with Gasteiger partial charge >= 0.3 is 0 Å². The second-order valence-corrected chi connectivity index (χ2v) is 5.56. The number of nitrogens with one attached hydrogen (secondary N) is 1. The lowest BCUT2D eigenvalue weighted by atomic mass is 10.2. The number of nitrogens with two attached hydrogens (primary N) is 1. The van der Waals surface area contributed by atoms with Crippen molar-refractivity contribution in [1.29, 1.82) is 0 Å². The van der Waals surface area contributed by atoms with E-state index in [1.807, 2.05) is 18.2 Å². The van der Waals surface area contributed by atoms with Gasteiger partial charge in [-0.2, -0.15) is 0 Å². The summed E-state index contributed by atoms with van der Waals surface area (Å²) in [7, 11) is 0. The summed E-state index contributed by atoms with van der Waals surface area (Å²) in [4.78, 5) is 12.1. The molecule has 0 fully saturated rings. The first-order valence-corrected chi connectivity index (χ1v) is 7.33. The molecule has 0 atom stereocenters. The van der Waals surface area contributed by atoms with Crippen LogP contribution in [0.25, 0.3) is 0 Å². The van der Waals surface area contributed by atoms with Gasteiger partial charge in [0.2, 0.25) is 0 Å². The molecule has 1 amide bonds. The van der Waals surface area contributed by atoms with Crippen molar-refractivity contribution >= 4 is 44.7 Å². The number of amides is 1. The number of halogens is 1. The molecule has 0 saturated carbocycles. The largest absolute Gasteiger partial charge is 0.483 e. The van der Waals surface area contributed by atoms with Crippen LogP contribution in [-0.2, 0) is 4.79 Å². The van der Waals surface area contributed by atoms with Crippen LogP contribution in [0.3, 0.4) is 0 Å². The number of para-hydroxylation sites is 1. The van der Waals surface area contributed by atoms with Crippen molar-refractivity contribution in [3.05, 3.63) is 58.6 Å². The van der Waals surface area contributed by atoms with E-state index in [2.05, 4.69) is 21.2 Å². The summed E-state index contributed by atoms with van der Waals surface area (Å²) in [5, 5.41) is 2.74. The summed E-state index contributed by atoms with van der Waals surface area (Å²) in [6, 6.07) is 14.4. The maximum absolute atomic E-state index is 11.8. The molecule has 0 radical (unpaired) electrons. The summed E-state index contributed by atoms with van der Waals surface area (Å²) in [5.41, 5.74) is 6.92. The molecule has 0 aliphatic carbocycles. The number of thiocarbonyl (C=S) groups is 1. The standard InChI is InChI=1S/C15H13BrN2O2S/c16-10-5-7-11(8-6-10)18-14(19)9-20-13-4-2-1-3-12(13)15(17)21/h1-8H,9H2,(H2,17,21)(H,18,19). The first kappa shape index (κ1) is 15.5. The molecule has 6 heteroatoms. The van der Waals surface area contributed by atoms with Gasteiger partial charge in [-0.1, -0.05) is 40.3 Å². The van der Waals surface area contributed by atoms with Gasteiger partial charge in [0.15, 0.2) is 6.61 Å². The summed E-state index contributed by atoms with van der Waals surface area (Å²) >= 11 is 8.27. The molecule has 4 nitrogen and oxygen atoms in total. The van der Waals surface area contributed by atoms with Crippen LogP contribution < -0.4 is 15.8 Å². The topological polar surface area (TPSA) is 64.3 Å². The van der Waals surface area contributed by atoms with Gasteiger partial charge < -0.3 is 15.8 Å². The highest BCUT2D eigenvalue weighted by molar-refractivity contribution is 9.10. The van der Waals surface area contributed by atoms with Crippen LogP contribution in [0, 0.1) is 0 Å². The number of hydrogen-bond donors (Lipinski definition) is 2. The number of ether oxygens (including phenoxy) is 1. The van der Waals surface area contributed by atoms with Crippen LogP contribution in [0.5, 0.6) is 5.75 Å². The van der Waals surface area contributed by atoms with Crippen molar-refractivity contribution in [2.24, 2.45) is 5.73 Å². The highest BCUT2D eigenvalue weighted by Crippen LogP contribution is 2.18. The molecular formula is C15H13BrN2O2S. The van der Waals surface area contributed by atoms with Crippen molar-refractivity contribution in [1.82, 2.24) is 0 Å². The molecule has 3 N–H and O–H groups in total. The number of anilines is 1. The zero-order valence-electron chi connectivity index (χ0n) is 11.0. The molecule has 0 aromatic heterocycles. The van der Waals surface area contributed by atoms with Gasteiger partial charge in [0.1, 0.15) is 10.7 Å². The van der Waals surface area contributed by atoms with Crippen molar-refractivity contribution in [2.75, 3.05) is 11.9 Å². The molecule has 0 spiro atoms. The summed E-state index contributed by atoms with van der Waals surface area (Å²) < 4.78 is 6.41. The molecule has 108 valence electrons. The normalized spacial score (nSPS) is 9.95. The molecule has 2 aromatic rings. The van der Waals surface area contributed by atoms with E-state index in [1.165, 1.54) is 0 Å². The van der Waals surface area contributed by atoms with E-state index in [9.17, 15) is 4.79 Å². The van der Waals surface area contributed by atoms with Crippen LogP contribution >= 0.6 is 28.1 Å². The lowest BCUT2D eigenvalue weighted by Gasteiger charge is -2.10. The number of rotatable bonds is 5. The van der Waals surface area contributed by atoms with E-state index >= 15 is 0 Å². The third-order valence-corrected chi connectivity index (χ3v) is 3.39. The first-order chi connectivity index (χ1) is 10.1. The van der Waals surface area contributed by atoms with Gasteiger partial charge in [0.25, 0.3) is 5.91 Å². The maximum atomic E-state index is 11.8. The molecule has 21 heavy (non-hydrogen) atoms. The van der Waals surface area contributed by atoms with Gasteiger partial charge in [-0.25, -0.2) is 0 Å². The van der Waals surface area contributed by atoms with Gasteiger partial charge in [0, 0.05) is 10.2 Å². The molecule has 0 heterocycles. The van der Waals surface area contributed by atoms with Crippen LogP contribution in [0.15, 0.2) is 53.0 Å². The van der Waals surface area contributed by atoms with Crippen LogP contribution in [-0.4, -0.2) is 17.5 Å². The van der Waals surface area contributed by atoms with E-state index in [0.29, 0.717) is 17.0 Å². The van der Waals surface area contributed by atoms with Crippen molar-refractivity contribution in [3.8, 4) is 5.75 Å². The fourth-order valence-corrected chi connectivity index (χ4v) is 2.10. The van der Waals surface area contributed by atoms with E-state index in [1.54, 1.807) is 30.3 Å². The number of benzene rings is 2. The Balaban J connectivity index is 1.95. The van der Waals surface area contributed by atoms with Gasteiger partial charge in [-0.3, -0.25) is 4.79 Å². The number of carbonyl (C=O) groups excluding carboxylic acids is 1. The second kappa shape index (κ2) is 7.19. The summed E-state index contributed by atoms with van der Waals surface area (Å²) in [6.45, 7) is -0.115. The Morgan fingerprint density at radius 1 is 1.19 bits per heavy atom. The Kier molecular flexibility index (Phi) is 5.30. The average molecular weight is 365 g/mol. The maximum Gasteiger partial charge on any atom is 0.262 e. The Labute approximate surface area is 136 Å². The minimum absolute atomic E-state index is 0.115. The second-order valence-electron chi connectivity index (χ2n) is 4.20. The zero-order valence-corrected chi connectivity index (χ0v) is 13.4. The van der Waals surface area contributed by atoms with Gasteiger partial charge in [-0.05, 0) is 36.4 Å². The lowest BCUT2D eigenvalue weighted by Crippen LogP contribution is -2.21. The molecule has 2 rings (SSSR count). The molecule has 2 aromatic carbocycles. The zero-order chi connectivity index (χ0) is 15.2. The average Bonchev–Trinajstić information content (AvgIpc) is 2.48. The Hall–Kier alpha value is -1.92.